The van der Waals surface area contributed by atoms with Gasteiger partial charge in [-0.15, -0.1) is 0 Å². The molecular weight excluding hydrogens is 600 g/mol. The van der Waals surface area contributed by atoms with Crippen molar-refractivity contribution in [3.05, 3.63) is 0 Å². The number of nitrogens with two attached hydrogens (primary N) is 1. The molecule has 1 aliphatic rings. The lowest BCUT2D eigenvalue weighted by Gasteiger charge is -2.30. The van der Waals surface area contributed by atoms with Crippen molar-refractivity contribution in [1.29, 1.82) is 0 Å². The fraction of sp³-hybridized carbons (Fsp3) is 0.778. The van der Waals surface area contributed by atoms with E-state index in [9.17, 15) is 39.0 Å². The third kappa shape index (κ3) is 12.2. The number of likely N-dealkylation sites (tertiary alicyclic amines) is 1. The number of nitrogens with zero attached hydrogens (tertiary/aromatic N) is 1. The van der Waals surface area contributed by atoms with E-state index in [4.69, 9.17) is 5.73 Å². The summed E-state index contributed by atoms with van der Waals surface area (Å²) in [5.41, 5.74) is 5.75. The number of aliphatic carboxylic acids is 1. The van der Waals surface area contributed by atoms with Gasteiger partial charge in [0.15, 0.2) is 0 Å². The summed E-state index contributed by atoms with van der Waals surface area (Å²) in [7, 11) is 0. The van der Waals surface area contributed by atoms with Gasteiger partial charge in [0, 0.05) is 6.54 Å². The van der Waals surface area contributed by atoms with E-state index in [2.05, 4.69) is 21.3 Å². The normalized spacial score (nSPS) is 18.9. The predicted octanol–water partition coefficient (Wildman–Crippen LogP) is -1.11. The predicted molar refractivity (Wildman–Crippen MR) is 166 cm³/mol. The van der Waals surface area contributed by atoms with E-state index in [1.807, 2.05) is 13.2 Å². The second kappa shape index (κ2) is 19.7. The quantitative estimate of drug-likeness (QED) is 0.0890. The number of thioether (sulfide) groups is 2. The van der Waals surface area contributed by atoms with Gasteiger partial charge in [-0.05, 0) is 62.5 Å². The SMILES string of the molecule is CC[C@H](C)[C@H](NC(=O)[C@@H]1CCCN1C(=O)[C@H](C)N)C(=O)N[C@@H](CCSC)C(=O)N[C@@H](CO)C(=O)N[C@@H](CCSC)C(=O)O. The Kier molecular flexibility index (Phi) is 17.6. The second-order valence-electron chi connectivity index (χ2n) is 10.6. The largest absolute Gasteiger partial charge is 0.480 e. The highest BCUT2D eigenvalue weighted by Crippen LogP contribution is 2.19. The summed E-state index contributed by atoms with van der Waals surface area (Å²) in [4.78, 5) is 78.2. The molecule has 0 spiro atoms. The van der Waals surface area contributed by atoms with Crippen LogP contribution < -0.4 is 27.0 Å². The van der Waals surface area contributed by atoms with Crippen molar-refractivity contribution < 1.29 is 39.0 Å². The Morgan fingerprint density at radius 1 is 0.884 bits per heavy atom. The number of carboxylic acids is 1. The summed E-state index contributed by atoms with van der Waals surface area (Å²) < 4.78 is 0. The Labute approximate surface area is 261 Å². The van der Waals surface area contributed by atoms with Crippen LogP contribution in [0, 0.1) is 5.92 Å². The summed E-state index contributed by atoms with van der Waals surface area (Å²) >= 11 is 2.84. The molecule has 1 saturated heterocycles. The van der Waals surface area contributed by atoms with Crippen LogP contribution in [0.15, 0.2) is 0 Å². The van der Waals surface area contributed by atoms with Crippen molar-refractivity contribution in [2.24, 2.45) is 11.7 Å². The molecule has 0 saturated carbocycles. The molecule has 0 aromatic rings. The maximum atomic E-state index is 13.5. The Bertz CT molecular complexity index is 972. The Morgan fingerprint density at radius 2 is 1.42 bits per heavy atom. The first-order chi connectivity index (χ1) is 20.3. The van der Waals surface area contributed by atoms with E-state index in [1.165, 1.54) is 28.4 Å². The van der Waals surface area contributed by atoms with Crippen molar-refractivity contribution in [3.8, 4) is 0 Å². The minimum atomic E-state index is -1.45. The van der Waals surface area contributed by atoms with Crippen molar-refractivity contribution in [2.75, 3.05) is 37.2 Å². The number of amides is 5. The van der Waals surface area contributed by atoms with Crippen LogP contribution in [-0.4, -0.2) is 124 Å². The molecule has 1 fully saturated rings. The molecule has 8 N–H and O–H groups in total. The molecule has 0 aromatic heterocycles. The zero-order valence-corrected chi connectivity index (χ0v) is 27.2. The van der Waals surface area contributed by atoms with E-state index >= 15 is 0 Å². The molecule has 16 heteroatoms. The molecule has 1 aliphatic heterocycles. The highest BCUT2D eigenvalue weighted by molar-refractivity contribution is 7.98. The molecule has 1 rings (SSSR count). The monoisotopic (exact) mass is 648 g/mol. The second-order valence-corrected chi connectivity index (χ2v) is 12.6. The number of aliphatic hydroxyl groups is 1. The van der Waals surface area contributed by atoms with E-state index in [0.717, 1.165) is 0 Å². The average molecular weight is 649 g/mol. The van der Waals surface area contributed by atoms with Crippen LogP contribution in [0.1, 0.15) is 52.9 Å². The molecule has 14 nitrogen and oxygen atoms in total. The van der Waals surface area contributed by atoms with Gasteiger partial charge >= 0.3 is 5.97 Å². The van der Waals surface area contributed by atoms with Crippen LogP contribution in [-0.2, 0) is 28.8 Å². The number of rotatable bonds is 19. The fourth-order valence-electron chi connectivity index (χ4n) is 4.51. The molecule has 7 atom stereocenters. The van der Waals surface area contributed by atoms with Crippen molar-refractivity contribution in [2.45, 2.75) is 89.1 Å². The molecule has 0 aliphatic carbocycles. The molecule has 0 aromatic carbocycles. The lowest BCUT2D eigenvalue weighted by atomic mass is 9.97. The zero-order chi connectivity index (χ0) is 32.7. The van der Waals surface area contributed by atoms with E-state index < -0.39 is 72.5 Å². The topological polar surface area (TPSA) is 220 Å². The van der Waals surface area contributed by atoms with Crippen LogP contribution in [0.5, 0.6) is 0 Å². The molecule has 0 bridgehead atoms. The average Bonchev–Trinajstić information content (AvgIpc) is 3.47. The molecule has 5 amide bonds. The standard InChI is InChI=1S/C27H48N6O8S2/c1-6-15(2)21(32-24(37)20-8-7-11-33(20)26(39)16(3)28)25(38)29-17(9-12-42-4)22(35)31-19(14-34)23(36)30-18(27(40)41)10-13-43-5/h15-21,34H,6-14,28H2,1-5H3,(H,29,38)(H,30,36)(H,31,35)(H,32,37)(H,40,41)/t15-,16-,17-,18-,19-,20-,21-/m0/s1. The summed E-state index contributed by atoms with van der Waals surface area (Å²) in [5, 5.41) is 29.4. The number of nitrogens with one attached hydrogen (secondary N) is 4. The highest BCUT2D eigenvalue weighted by atomic mass is 32.2. The summed E-state index contributed by atoms with van der Waals surface area (Å²) in [5.74, 6) is -3.67. The van der Waals surface area contributed by atoms with Crippen LogP contribution in [0.3, 0.4) is 0 Å². The van der Waals surface area contributed by atoms with E-state index in [1.54, 1.807) is 20.1 Å². The number of hydrogen-bond donors (Lipinski definition) is 7. The molecular formula is C27H48N6O8S2. The smallest absolute Gasteiger partial charge is 0.326 e. The number of carboxylic acid groups (broad SMARTS) is 1. The maximum Gasteiger partial charge on any atom is 0.326 e. The van der Waals surface area contributed by atoms with Gasteiger partial charge in [-0.1, -0.05) is 20.3 Å². The third-order valence-corrected chi connectivity index (χ3v) is 8.59. The highest BCUT2D eigenvalue weighted by Gasteiger charge is 2.38. The Morgan fingerprint density at radius 3 is 1.93 bits per heavy atom. The Balaban J connectivity index is 3.05. The van der Waals surface area contributed by atoms with Gasteiger partial charge in [-0.3, -0.25) is 24.0 Å². The molecule has 0 unspecified atom stereocenters. The van der Waals surface area contributed by atoms with Crippen molar-refractivity contribution in [3.63, 3.8) is 0 Å². The first-order valence-electron chi connectivity index (χ1n) is 14.4. The van der Waals surface area contributed by atoms with Gasteiger partial charge in [-0.25, -0.2) is 4.79 Å². The van der Waals surface area contributed by atoms with Crippen LogP contribution in [0.25, 0.3) is 0 Å². The minimum Gasteiger partial charge on any atom is -0.480 e. The van der Waals surface area contributed by atoms with Gasteiger partial charge in [0.2, 0.25) is 29.5 Å². The third-order valence-electron chi connectivity index (χ3n) is 7.31. The minimum absolute atomic E-state index is 0.154. The van der Waals surface area contributed by atoms with Gasteiger partial charge in [0.05, 0.1) is 12.6 Å². The molecule has 246 valence electrons. The first-order valence-corrected chi connectivity index (χ1v) is 17.2. The summed E-state index contributed by atoms with van der Waals surface area (Å²) in [6.07, 6.45) is 5.54. The van der Waals surface area contributed by atoms with Gasteiger partial charge in [-0.2, -0.15) is 23.5 Å². The number of carbonyl (C=O) groups is 6. The molecule has 43 heavy (non-hydrogen) atoms. The van der Waals surface area contributed by atoms with Gasteiger partial charge < -0.3 is 42.1 Å². The Hall–Kier alpha value is -2.56. The lowest BCUT2D eigenvalue weighted by molar-refractivity contribution is -0.142. The number of aliphatic hydroxyl groups excluding tert-OH is 1. The summed E-state index contributed by atoms with van der Waals surface area (Å²) in [6.45, 7) is 4.78. The van der Waals surface area contributed by atoms with Crippen LogP contribution in [0.2, 0.25) is 0 Å². The van der Waals surface area contributed by atoms with Crippen molar-refractivity contribution >= 4 is 59.0 Å². The first kappa shape index (κ1) is 38.5. The fourth-order valence-corrected chi connectivity index (χ4v) is 5.46. The van der Waals surface area contributed by atoms with Crippen LogP contribution >= 0.6 is 23.5 Å². The van der Waals surface area contributed by atoms with Gasteiger partial charge in [0.25, 0.3) is 0 Å². The molecule has 1 heterocycles. The summed E-state index contributed by atoms with van der Waals surface area (Å²) in [6, 6.07) is -6.30. The zero-order valence-electron chi connectivity index (χ0n) is 25.6. The maximum absolute atomic E-state index is 13.5. The molecule has 0 radical (unpaired) electrons. The lowest BCUT2D eigenvalue weighted by Crippen LogP contribution is -2.60. The van der Waals surface area contributed by atoms with Crippen molar-refractivity contribution in [1.82, 2.24) is 26.2 Å². The van der Waals surface area contributed by atoms with Gasteiger partial charge in [0.1, 0.15) is 30.2 Å². The van der Waals surface area contributed by atoms with Crippen LogP contribution in [0.4, 0.5) is 0 Å². The number of carbonyl (C=O) groups excluding carboxylic acids is 5. The van der Waals surface area contributed by atoms with E-state index in [0.29, 0.717) is 37.3 Å². The van der Waals surface area contributed by atoms with E-state index in [-0.39, 0.29) is 24.7 Å². The number of hydrogen-bond acceptors (Lipinski definition) is 10.